The highest BCUT2D eigenvalue weighted by Crippen LogP contribution is 2.29. The van der Waals surface area contributed by atoms with Crippen molar-refractivity contribution in [1.82, 2.24) is 4.90 Å². The molecule has 1 saturated carbocycles. The second kappa shape index (κ2) is 7.87. The average molecular weight is 345 g/mol. The Morgan fingerprint density at radius 2 is 1.84 bits per heavy atom. The Labute approximate surface area is 148 Å². The molecule has 2 atom stereocenters. The van der Waals surface area contributed by atoms with E-state index < -0.39 is 0 Å². The van der Waals surface area contributed by atoms with Crippen LogP contribution in [0.2, 0.25) is 0 Å². The van der Waals surface area contributed by atoms with Crippen molar-refractivity contribution >= 4 is 17.5 Å². The van der Waals surface area contributed by atoms with Crippen molar-refractivity contribution in [3.8, 4) is 5.75 Å². The first kappa shape index (κ1) is 17.7. The van der Waals surface area contributed by atoms with Crippen LogP contribution >= 0.6 is 0 Å². The number of para-hydroxylation sites is 2. The third-order valence-corrected chi connectivity index (χ3v) is 5.36. The van der Waals surface area contributed by atoms with Crippen LogP contribution in [0.3, 0.4) is 0 Å². The van der Waals surface area contributed by atoms with E-state index in [4.69, 9.17) is 10.5 Å². The fourth-order valence-electron chi connectivity index (χ4n) is 3.84. The number of likely N-dealkylation sites (tertiary alicyclic amines) is 1. The Morgan fingerprint density at radius 3 is 2.48 bits per heavy atom. The summed E-state index contributed by atoms with van der Waals surface area (Å²) >= 11 is 0. The number of hydrogen-bond acceptors (Lipinski definition) is 4. The van der Waals surface area contributed by atoms with Gasteiger partial charge in [-0.1, -0.05) is 12.1 Å². The maximum Gasteiger partial charge on any atom is 0.227 e. The molecule has 2 aliphatic rings. The van der Waals surface area contributed by atoms with Gasteiger partial charge >= 0.3 is 0 Å². The van der Waals surface area contributed by atoms with E-state index in [1.807, 2.05) is 29.2 Å². The summed E-state index contributed by atoms with van der Waals surface area (Å²) in [5.74, 6) is 0.880. The average Bonchev–Trinajstić information content (AvgIpc) is 3.08. The molecule has 1 aliphatic heterocycles. The van der Waals surface area contributed by atoms with Crippen molar-refractivity contribution in [3.63, 3.8) is 0 Å². The molecule has 6 heteroatoms. The first-order valence-electron chi connectivity index (χ1n) is 9.06. The maximum absolute atomic E-state index is 12.6. The lowest BCUT2D eigenvalue weighted by atomic mass is 9.94. The number of nitrogens with two attached hydrogens (primary N) is 1. The van der Waals surface area contributed by atoms with Gasteiger partial charge in [0, 0.05) is 31.0 Å². The van der Waals surface area contributed by atoms with E-state index in [1.165, 1.54) is 0 Å². The minimum Gasteiger partial charge on any atom is -0.495 e. The van der Waals surface area contributed by atoms with Crippen molar-refractivity contribution in [3.05, 3.63) is 24.3 Å². The van der Waals surface area contributed by atoms with Gasteiger partial charge in [0.15, 0.2) is 0 Å². The molecule has 136 valence electrons. The molecule has 0 radical (unpaired) electrons. The van der Waals surface area contributed by atoms with Crippen LogP contribution in [-0.4, -0.2) is 43.0 Å². The summed E-state index contributed by atoms with van der Waals surface area (Å²) in [4.78, 5) is 27.0. The van der Waals surface area contributed by atoms with Crippen LogP contribution in [0.5, 0.6) is 5.75 Å². The minimum atomic E-state index is -0.0696. The number of benzene rings is 1. The first-order chi connectivity index (χ1) is 12.1. The fraction of sp³-hybridized carbons (Fsp3) is 0.579. The van der Waals surface area contributed by atoms with E-state index in [-0.39, 0.29) is 29.7 Å². The quantitative estimate of drug-likeness (QED) is 0.874. The standard InChI is InChI=1S/C19H27N3O3/c1-25-17-5-3-2-4-16(17)21-18(23)13-8-10-22(11-9-13)19(24)14-6-7-15(20)12-14/h2-5,13-15H,6-12,20H2,1H3,(H,21,23). The predicted molar refractivity (Wildman–Crippen MR) is 96.2 cm³/mol. The number of carbonyl (C=O) groups excluding carboxylic acids is 2. The molecule has 2 amide bonds. The highest BCUT2D eigenvalue weighted by Gasteiger charge is 2.34. The van der Waals surface area contributed by atoms with Crippen molar-refractivity contribution in [2.45, 2.75) is 38.1 Å². The molecule has 1 saturated heterocycles. The highest BCUT2D eigenvalue weighted by atomic mass is 16.5. The van der Waals surface area contributed by atoms with E-state index in [0.29, 0.717) is 37.4 Å². The van der Waals surface area contributed by atoms with Gasteiger partial charge in [0.05, 0.1) is 12.8 Å². The van der Waals surface area contributed by atoms with E-state index in [2.05, 4.69) is 5.32 Å². The molecule has 1 aliphatic carbocycles. The Balaban J connectivity index is 1.51. The lowest BCUT2D eigenvalue weighted by Gasteiger charge is -2.33. The van der Waals surface area contributed by atoms with Gasteiger partial charge in [-0.2, -0.15) is 0 Å². The van der Waals surface area contributed by atoms with Crippen LogP contribution in [0.25, 0.3) is 0 Å². The van der Waals surface area contributed by atoms with Gasteiger partial charge in [-0.25, -0.2) is 0 Å². The van der Waals surface area contributed by atoms with Crippen LogP contribution in [0.4, 0.5) is 5.69 Å². The van der Waals surface area contributed by atoms with Crippen LogP contribution in [-0.2, 0) is 9.59 Å². The number of carbonyl (C=O) groups is 2. The predicted octanol–water partition coefficient (Wildman–Crippen LogP) is 2.00. The molecular weight excluding hydrogens is 318 g/mol. The number of ether oxygens (including phenoxy) is 1. The number of anilines is 1. The van der Waals surface area contributed by atoms with Gasteiger partial charge in [-0.05, 0) is 44.2 Å². The smallest absolute Gasteiger partial charge is 0.227 e. The summed E-state index contributed by atoms with van der Waals surface area (Å²) in [6.45, 7) is 1.29. The summed E-state index contributed by atoms with van der Waals surface area (Å²) in [5, 5.41) is 2.95. The summed E-state index contributed by atoms with van der Waals surface area (Å²) in [5.41, 5.74) is 6.61. The maximum atomic E-state index is 12.6. The zero-order chi connectivity index (χ0) is 17.8. The molecule has 3 rings (SSSR count). The van der Waals surface area contributed by atoms with Crippen LogP contribution in [0, 0.1) is 11.8 Å². The van der Waals surface area contributed by atoms with Gasteiger partial charge in [-0.3, -0.25) is 9.59 Å². The van der Waals surface area contributed by atoms with Gasteiger partial charge in [0.2, 0.25) is 11.8 Å². The lowest BCUT2D eigenvalue weighted by molar-refractivity contribution is -0.138. The number of piperidine rings is 1. The molecule has 1 aromatic rings. The lowest BCUT2D eigenvalue weighted by Crippen LogP contribution is -2.43. The fourth-order valence-corrected chi connectivity index (χ4v) is 3.84. The summed E-state index contributed by atoms with van der Waals surface area (Å²) in [7, 11) is 1.59. The molecule has 2 fully saturated rings. The second-order valence-electron chi connectivity index (χ2n) is 7.06. The van der Waals surface area contributed by atoms with Crippen LogP contribution < -0.4 is 15.8 Å². The number of nitrogens with one attached hydrogen (secondary N) is 1. The summed E-state index contributed by atoms with van der Waals surface area (Å²) < 4.78 is 5.27. The van der Waals surface area contributed by atoms with E-state index in [0.717, 1.165) is 19.3 Å². The molecule has 0 aromatic heterocycles. The topological polar surface area (TPSA) is 84.7 Å². The van der Waals surface area contributed by atoms with Gasteiger partial charge in [0.25, 0.3) is 0 Å². The number of rotatable bonds is 4. The van der Waals surface area contributed by atoms with E-state index in [1.54, 1.807) is 7.11 Å². The summed E-state index contributed by atoms with van der Waals surface area (Å²) in [6.07, 6.45) is 4.03. The molecule has 2 unspecified atom stereocenters. The number of nitrogens with zero attached hydrogens (tertiary/aromatic N) is 1. The number of hydrogen-bond donors (Lipinski definition) is 2. The van der Waals surface area contributed by atoms with Crippen molar-refractivity contribution in [2.75, 3.05) is 25.5 Å². The minimum absolute atomic E-state index is 0.000474. The molecule has 3 N–H and O–H groups in total. The number of methoxy groups -OCH3 is 1. The molecule has 1 aromatic carbocycles. The zero-order valence-corrected chi connectivity index (χ0v) is 14.7. The van der Waals surface area contributed by atoms with Crippen molar-refractivity contribution in [2.24, 2.45) is 17.6 Å². The summed E-state index contributed by atoms with van der Waals surface area (Å²) in [6, 6.07) is 7.55. The van der Waals surface area contributed by atoms with Crippen molar-refractivity contribution in [1.29, 1.82) is 0 Å². The monoisotopic (exact) mass is 345 g/mol. The molecule has 6 nitrogen and oxygen atoms in total. The largest absolute Gasteiger partial charge is 0.495 e. The Kier molecular flexibility index (Phi) is 5.58. The highest BCUT2D eigenvalue weighted by molar-refractivity contribution is 5.94. The number of amides is 2. The molecule has 1 heterocycles. The van der Waals surface area contributed by atoms with Crippen LogP contribution in [0.1, 0.15) is 32.1 Å². The van der Waals surface area contributed by atoms with Crippen molar-refractivity contribution < 1.29 is 14.3 Å². The van der Waals surface area contributed by atoms with Gasteiger partial charge in [-0.15, -0.1) is 0 Å². The Bertz CT molecular complexity index is 626. The normalized spacial score (nSPS) is 24.2. The van der Waals surface area contributed by atoms with Gasteiger partial charge < -0.3 is 20.7 Å². The van der Waals surface area contributed by atoms with E-state index in [9.17, 15) is 9.59 Å². The molecule has 25 heavy (non-hydrogen) atoms. The SMILES string of the molecule is COc1ccccc1NC(=O)C1CCN(C(=O)C2CCC(N)C2)CC1. The van der Waals surface area contributed by atoms with Gasteiger partial charge in [0.1, 0.15) is 5.75 Å². The van der Waals surface area contributed by atoms with Crippen LogP contribution in [0.15, 0.2) is 24.3 Å². The second-order valence-corrected chi connectivity index (χ2v) is 7.06. The Hall–Kier alpha value is -2.08. The third-order valence-electron chi connectivity index (χ3n) is 5.36. The Morgan fingerprint density at radius 1 is 1.12 bits per heavy atom. The molecule has 0 bridgehead atoms. The third kappa shape index (κ3) is 4.12. The molecule has 0 spiro atoms. The zero-order valence-electron chi connectivity index (χ0n) is 14.7. The molecular formula is C19H27N3O3. The van der Waals surface area contributed by atoms with E-state index >= 15 is 0 Å². The first-order valence-corrected chi connectivity index (χ1v) is 9.06.